The molecule has 0 radical (unpaired) electrons. The van der Waals surface area contributed by atoms with Crippen molar-refractivity contribution in [2.75, 3.05) is 20.3 Å². The molecule has 1 aliphatic carbocycles. The monoisotopic (exact) mass is 270 g/mol. The molecule has 0 saturated heterocycles. The number of hydrogen-bond acceptors (Lipinski definition) is 3. The van der Waals surface area contributed by atoms with E-state index in [-0.39, 0.29) is 17.9 Å². The largest absolute Gasteiger partial charge is 0.383 e. The van der Waals surface area contributed by atoms with Crippen LogP contribution in [0, 0.1) is 17.8 Å². The molecule has 19 heavy (non-hydrogen) atoms. The van der Waals surface area contributed by atoms with Crippen molar-refractivity contribution >= 4 is 5.91 Å². The second kappa shape index (κ2) is 8.54. The molecule has 1 aliphatic rings. The van der Waals surface area contributed by atoms with Crippen LogP contribution in [-0.4, -0.2) is 32.2 Å². The van der Waals surface area contributed by atoms with Crippen LogP contribution >= 0.6 is 0 Å². The van der Waals surface area contributed by atoms with E-state index < -0.39 is 0 Å². The number of ether oxygens (including phenoxy) is 1. The molecule has 0 bridgehead atoms. The quantitative estimate of drug-likeness (QED) is 0.743. The Hall–Kier alpha value is -0.610. The highest BCUT2D eigenvalue weighted by molar-refractivity contribution is 5.79. The Balaban J connectivity index is 2.47. The molecule has 112 valence electrons. The van der Waals surface area contributed by atoms with Crippen LogP contribution in [0.15, 0.2) is 0 Å². The van der Waals surface area contributed by atoms with Gasteiger partial charge in [-0.1, -0.05) is 26.7 Å². The minimum absolute atomic E-state index is 0.118. The van der Waals surface area contributed by atoms with E-state index in [0.29, 0.717) is 18.4 Å². The lowest BCUT2D eigenvalue weighted by Gasteiger charge is -2.30. The summed E-state index contributed by atoms with van der Waals surface area (Å²) in [6, 6.07) is 0.118. The Morgan fingerprint density at radius 3 is 2.74 bits per heavy atom. The minimum atomic E-state index is 0.118. The topological polar surface area (TPSA) is 64.3 Å². The van der Waals surface area contributed by atoms with Gasteiger partial charge in [-0.05, 0) is 37.6 Å². The van der Waals surface area contributed by atoms with Gasteiger partial charge in [0.1, 0.15) is 0 Å². The smallest absolute Gasteiger partial charge is 0.223 e. The van der Waals surface area contributed by atoms with Gasteiger partial charge >= 0.3 is 0 Å². The summed E-state index contributed by atoms with van der Waals surface area (Å²) >= 11 is 0. The van der Waals surface area contributed by atoms with E-state index in [1.165, 1.54) is 6.42 Å². The lowest BCUT2D eigenvalue weighted by atomic mass is 9.79. The van der Waals surface area contributed by atoms with Gasteiger partial charge in [-0.3, -0.25) is 4.79 Å². The van der Waals surface area contributed by atoms with Crippen molar-refractivity contribution < 1.29 is 9.53 Å². The van der Waals surface area contributed by atoms with Crippen molar-refractivity contribution in [2.45, 2.75) is 52.0 Å². The minimum Gasteiger partial charge on any atom is -0.383 e. The number of hydrogen-bond donors (Lipinski definition) is 2. The molecular formula is C15H30N2O2. The van der Waals surface area contributed by atoms with Gasteiger partial charge in [0.05, 0.1) is 12.6 Å². The fraction of sp³-hybridized carbons (Fsp3) is 0.933. The van der Waals surface area contributed by atoms with Crippen molar-refractivity contribution in [1.82, 2.24) is 5.32 Å². The van der Waals surface area contributed by atoms with Crippen LogP contribution < -0.4 is 11.1 Å². The van der Waals surface area contributed by atoms with Gasteiger partial charge < -0.3 is 15.8 Å². The van der Waals surface area contributed by atoms with Gasteiger partial charge in [0.2, 0.25) is 5.91 Å². The van der Waals surface area contributed by atoms with Crippen molar-refractivity contribution in [3.8, 4) is 0 Å². The molecule has 0 aromatic rings. The molecule has 1 saturated carbocycles. The average Bonchev–Trinajstić information content (AvgIpc) is 2.38. The zero-order valence-corrected chi connectivity index (χ0v) is 12.7. The average molecular weight is 270 g/mol. The molecule has 0 spiro atoms. The lowest BCUT2D eigenvalue weighted by molar-refractivity contribution is -0.128. The van der Waals surface area contributed by atoms with Gasteiger partial charge in [0, 0.05) is 13.0 Å². The summed E-state index contributed by atoms with van der Waals surface area (Å²) in [5.41, 5.74) is 5.62. The highest BCUT2D eigenvalue weighted by Crippen LogP contribution is 2.31. The molecule has 3 unspecified atom stereocenters. The van der Waals surface area contributed by atoms with Gasteiger partial charge in [0.15, 0.2) is 0 Å². The van der Waals surface area contributed by atoms with E-state index in [4.69, 9.17) is 10.5 Å². The fourth-order valence-electron chi connectivity index (χ4n) is 2.91. The van der Waals surface area contributed by atoms with Crippen molar-refractivity contribution in [2.24, 2.45) is 23.5 Å². The lowest BCUT2D eigenvalue weighted by Crippen LogP contribution is -2.45. The number of methoxy groups -OCH3 is 1. The molecule has 0 aromatic heterocycles. The third-order valence-corrected chi connectivity index (χ3v) is 4.21. The Morgan fingerprint density at radius 2 is 2.16 bits per heavy atom. The third kappa shape index (κ3) is 5.49. The summed E-state index contributed by atoms with van der Waals surface area (Å²) in [6.45, 7) is 5.55. The van der Waals surface area contributed by atoms with Crippen LogP contribution in [0.25, 0.3) is 0 Å². The number of carbonyl (C=O) groups is 1. The van der Waals surface area contributed by atoms with E-state index in [2.05, 4.69) is 19.2 Å². The van der Waals surface area contributed by atoms with E-state index in [1.54, 1.807) is 7.11 Å². The molecular weight excluding hydrogens is 240 g/mol. The first-order valence-corrected chi connectivity index (χ1v) is 7.57. The number of nitrogens with one attached hydrogen (secondary N) is 1. The molecule has 1 rings (SSSR count). The van der Waals surface area contributed by atoms with Gasteiger partial charge in [0.25, 0.3) is 0 Å². The molecule has 0 heterocycles. The molecule has 0 aromatic carbocycles. The molecule has 1 amide bonds. The second-order valence-corrected chi connectivity index (χ2v) is 6.12. The van der Waals surface area contributed by atoms with Crippen LogP contribution in [0.4, 0.5) is 0 Å². The molecule has 3 atom stereocenters. The van der Waals surface area contributed by atoms with Crippen molar-refractivity contribution in [3.63, 3.8) is 0 Å². The molecule has 4 nitrogen and oxygen atoms in total. The maximum Gasteiger partial charge on any atom is 0.223 e. The Labute approximate surface area is 117 Å². The molecule has 4 heteroatoms. The first-order valence-electron chi connectivity index (χ1n) is 7.57. The van der Waals surface area contributed by atoms with E-state index in [9.17, 15) is 4.79 Å². The zero-order valence-electron chi connectivity index (χ0n) is 12.7. The van der Waals surface area contributed by atoms with Crippen LogP contribution in [0.3, 0.4) is 0 Å². The molecule has 3 N–H and O–H groups in total. The summed E-state index contributed by atoms with van der Waals surface area (Å²) in [5.74, 6) is 1.41. The summed E-state index contributed by atoms with van der Waals surface area (Å²) in [6.07, 6.45) is 5.45. The predicted octanol–water partition coefficient (Wildman–Crippen LogP) is 1.93. The van der Waals surface area contributed by atoms with E-state index in [1.807, 2.05) is 0 Å². The first kappa shape index (κ1) is 16.4. The zero-order chi connectivity index (χ0) is 14.3. The standard InChI is InChI=1S/C15H30N2O2/c1-11(2)14(10-19-3)17-15(18)13-6-4-5-12(9-13)7-8-16/h11-14H,4-10,16H2,1-3H3,(H,17,18). The van der Waals surface area contributed by atoms with Crippen LogP contribution in [-0.2, 0) is 9.53 Å². The fourth-order valence-corrected chi connectivity index (χ4v) is 2.91. The Bertz CT molecular complexity index is 267. The number of amides is 1. The summed E-state index contributed by atoms with van der Waals surface area (Å²) in [4.78, 5) is 12.3. The third-order valence-electron chi connectivity index (χ3n) is 4.21. The Morgan fingerprint density at radius 1 is 1.42 bits per heavy atom. The summed E-state index contributed by atoms with van der Waals surface area (Å²) < 4.78 is 5.18. The summed E-state index contributed by atoms with van der Waals surface area (Å²) in [5, 5.41) is 3.15. The van der Waals surface area contributed by atoms with Gasteiger partial charge in [-0.2, -0.15) is 0 Å². The maximum absolute atomic E-state index is 12.3. The van der Waals surface area contributed by atoms with Crippen molar-refractivity contribution in [1.29, 1.82) is 0 Å². The molecule has 0 aliphatic heterocycles. The van der Waals surface area contributed by atoms with E-state index in [0.717, 1.165) is 32.2 Å². The molecule has 1 fully saturated rings. The second-order valence-electron chi connectivity index (χ2n) is 6.12. The van der Waals surface area contributed by atoms with Crippen LogP contribution in [0.1, 0.15) is 46.0 Å². The maximum atomic E-state index is 12.3. The highest BCUT2D eigenvalue weighted by Gasteiger charge is 2.28. The van der Waals surface area contributed by atoms with E-state index >= 15 is 0 Å². The van der Waals surface area contributed by atoms with Gasteiger partial charge in [-0.15, -0.1) is 0 Å². The number of rotatable bonds is 7. The van der Waals surface area contributed by atoms with Crippen LogP contribution in [0.5, 0.6) is 0 Å². The Kier molecular flexibility index (Phi) is 7.39. The predicted molar refractivity (Wildman–Crippen MR) is 77.8 cm³/mol. The van der Waals surface area contributed by atoms with Crippen molar-refractivity contribution in [3.05, 3.63) is 0 Å². The SMILES string of the molecule is COCC(NC(=O)C1CCCC(CCN)C1)C(C)C. The number of carbonyl (C=O) groups excluding carboxylic acids is 1. The normalized spacial score (nSPS) is 25.3. The van der Waals surface area contributed by atoms with Crippen LogP contribution in [0.2, 0.25) is 0 Å². The summed E-state index contributed by atoms with van der Waals surface area (Å²) in [7, 11) is 1.68. The first-order chi connectivity index (χ1) is 9.08. The highest BCUT2D eigenvalue weighted by atomic mass is 16.5. The number of nitrogens with two attached hydrogens (primary N) is 1. The van der Waals surface area contributed by atoms with Gasteiger partial charge in [-0.25, -0.2) is 0 Å².